The van der Waals surface area contributed by atoms with Gasteiger partial charge in [0.15, 0.2) is 16.6 Å². The van der Waals surface area contributed by atoms with Crippen molar-refractivity contribution in [2.24, 2.45) is 11.8 Å². The SMILES string of the molecule is C[C@H](C[C@@H]1CC[C@@H](O[Si](C)(C)C(C)(C)C)[C@H](O[Si](C)(C)C(C)(C)C)C1)[C@@H](O)CO. The van der Waals surface area contributed by atoms with Crippen LogP contribution in [-0.4, -0.2) is 51.8 Å². The molecule has 1 aliphatic rings. The van der Waals surface area contributed by atoms with Gasteiger partial charge in [-0.15, -0.1) is 0 Å². The number of aliphatic hydroxyl groups excluding tert-OH is 2. The quantitative estimate of drug-likeness (QED) is 0.452. The highest BCUT2D eigenvalue weighted by Gasteiger charge is 2.46. The second kappa shape index (κ2) is 9.82. The van der Waals surface area contributed by atoms with E-state index in [1.165, 1.54) is 0 Å². The summed E-state index contributed by atoms with van der Waals surface area (Å²) in [5.74, 6) is 0.622. The van der Waals surface area contributed by atoms with E-state index in [1.54, 1.807) is 0 Å². The van der Waals surface area contributed by atoms with Crippen LogP contribution >= 0.6 is 0 Å². The zero-order chi connectivity index (χ0) is 22.8. The Labute approximate surface area is 183 Å². The summed E-state index contributed by atoms with van der Waals surface area (Å²) in [5, 5.41) is 19.7. The Kier molecular flexibility index (Phi) is 9.25. The van der Waals surface area contributed by atoms with E-state index in [0.29, 0.717) is 5.92 Å². The lowest BCUT2D eigenvalue weighted by atomic mass is 9.79. The van der Waals surface area contributed by atoms with E-state index in [2.05, 4.69) is 67.7 Å². The average Bonchev–Trinajstić information content (AvgIpc) is 2.53. The van der Waals surface area contributed by atoms with Gasteiger partial charge in [0.25, 0.3) is 0 Å². The molecule has 4 nitrogen and oxygen atoms in total. The zero-order valence-corrected chi connectivity index (χ0v) is 23.1. The summed E-state index contributed by atoms with van der Waals surface area (Å²) in [6.07, 6.45) is 3.73. The maximum absolute atomic E-state index is 10.0. The van der Waals surface area contributed by atoms with E-state index in [-0.39, 0.29) is 34.8 Å². The normalized spacial score (nSPS) is 27.0. The number of hydrogen-bond acceptors (Lipinski definition) is 4. The predicted octanol–water partition coefficient (Wildman–Crippen LogP) is 5.95. The van der Waals surface area contributed by atoms with E-state index in [4.69, 9.17) is 8.85 Å². The van der Waals surface area contributed by atoms with E-state index < -0.39 is 22.7 Å². The molecule has 0 aromatic rings. The van der Waals surface area contributed by atoms with Gasteiger partial charge in [-0.3, -0.25) is 0 Å². The lowest BCUT2D eigenvalue weighted by molar-refractivity contribution is -0.0208. The molecule has 0 radical (unpaired) electrons. The Balaban J connectivity index is 3.01. The minimum absolute atomic E-state index is 0.108. The second-order valence-electron chi connectivity index (χ2n) is 12.5. The highest BCUT2D eigenvalue weighted by atomic mass is 28.4. The van der Waals surface area contributed by atoms with Crippen LogP contribution in [0.3, 0.4) is 0 Å². The summed E-state index contributed by atoms with van der Waals surface area (Å²) in [6.45, 7) is 25.0. The Morgan fingerprint density at radius 2 is 1.31 bits per heavy atom. The topological polar surface area (TPSA) is 58.9 Å². The standard InChI is InChI=1S/C23H50O4Si2/c1-17(19(25)16-24)14-18-12-13-20(26-28(8,9)22(2,3)4)21(15-18)27-29(10,11)23(5,6)7/h17-21,24-25H,12-16H2,1-11H3/t17-,18+,19+,20-,21-/m1/s1. The molecule has 1 rings (SSSR count). The van der Waals surface area contributed by atoms with Crippen LogP contribution in [-0.2, 0) is 8.85 Å². The molecule has 0 bridgehead atoms. The minimum atomic E-state index is -1.91. The largest absolute Gasteiger partial charge is 0.411 e. The van der Waals surface area contributed by atoms with Crippen molar-refractivity contribution in [3.63, 3.8) is 0 Å². The van der Waals surface area contributed by atoms with Gasteiger partial charge in [-0.2, -0.15) is 0 Å². The summed E-state index contributed by atoms with van der Waals surface area (Å²) in [7, 11) is -3.78. The van der Waals surface area contributed by atoms with Crippen molar-refractivity contribution in [1.82, 2.24) is 0 Å². The van der Waals surface area contributed by atoms with Crippen LogP contribution < -0.4 is 0 Å². The molecule has 1 aliphatic carbocycles. The maximum Gasteiger partial charge on any atom is 0.192 e. The molecule has 0 aromatic carbocycles. The van der Waals surface area contributed by atoms with Crippen molar-refractivity contribution in [3.8, 4) is 0 Å². The molecule has 0 saturated heterocycles. The summed E-state index contributed by atoms with van der Waals surface area (Å²) < 4.78 is 13.8. The first-order valence-corrected chi connectivity index (χ1v) is 17.4. The fourth-order valence-electron chi connectivity index (χ4n) is 3.63. The van der Waals surface area contributed by atoms with Crippen LogP contribution in [0.4, 0.5) is 0 Å². The van der Waals surface area contributed by atoms with Gasteiger partial charge in [0.05, 0.1) is 24.9 Å². The molecule has 1 fully saturated rings. The molecule has 2 N–H and O–H groups in total. The third kappa shape index (κ3) is 7.42. The molecule has 29 heavy (non-hydrogen) atoms. The third-order valence-corrected chi connectivity index (χ3v) is 16.9. The second-order valence-corrected chi connectivity index (χ2v) is 22.0. The Hall–Kier alpha value is 0.274. The summed E-state index contributed by atoms with van der Waals surface area (Å²) in [6, 6.07) is 0. The first kappa shape index (κ1) is 27.3. The molecule has 6 heteroatoms. The Bertz CT molecular complexity index is 508. The van der Waals surface area contributed by atoms with E-state index in [9.17, 15) is 10.2 Å². The molecular weight excluding hydrogens is 396 g/mol. The van der Waals surface area contributed by atoms with Gasteiger partial charge in [0, 0.05) is 0 Å². The van der Waals surface area contributed by atoms with Crippen molar-refractivity contribution in [1.29, 1.82) is 0 Å². The van der Waals surface area contributed by atoms with E-state index in [1.807, 2.05) is 6.92 Å². The molecule has 1 saturated carbocycles. The predicted molar refractivity (Wildman–Crippen MR) is 128 cm³/mol. The molecule has 0 heterocycles. The van der Waals surface area contributed by atoms with Gasteiger partial charge in [-0.25, -0.2) is 0 Å². The number of rotatable bonds is 8. The summed E-state index contributed by atoms with van der Waals surface area (Å²) in [5.41, 5.74) is 0. The van der Waals surface area contributed by atoms with Gasteiger partial charge in [0.1, 0.15) is 0 Å². The molecular formula is C23H50O4Si2. The summed E-state index contributed by atoms with van der Waals surface area (Å²) >= 11 is 0. The molecule has 0 spiro atoms. The van der Waals surface area contributed by atoms with Crippen molar-refractivity contribution in [2.75, 3.05) is 6.61 Å². The monoisotopic (exact) mass is 446 g/mol. The van der Waals surface area contributed by atoms with Crippen LogP contribution in [0.15, 0.2) is 0 Å². The van der Waals surface area contributed by atoms with Gasteiger partial charge >= 0.3 is 0 Å². The summed E-state index contributed by atoms with van der Waals surface area (Å²) in [4.78, 5) is 0. The molecule has 0 amide bonds. The smallest absolute Gasteiger partial charge is 0.192 e. The van der Waals surface area contributed by atoms with Crippen molar-refractivity contribution in [3.05, 3.63) is 0 Å². The van der Waals surface area contributed by atoms with E-state index in [0.717, 1.165) is 25.7 Å². The fourth-order valence-corrected chi connectivity index (χ4v) is 6.37. The number of hydrogen-bond donors (Lipinski definition) is 2. The van der Waals surface area contributed by atoms with Gasteiger partial charge in [0.2, 0.25) is 0 Å². The van der Waals surface area contributed by atoms with Crippen LogP contribution in [0.5, 0.6) is 0 Å². The van der Waals surface area contributed by atoms with Crippen LogP contribution in [0.2, 0.25) is 36.3 Å². The third-order valence-electron chi connectivity index (χ3n) is 7.89. The van der Waals surface area contributed by atoms with Crippen LogP contribution in [0, 0.1) is 11.8 Å². The molecule has 0 unspecified atom stereocenters. The fraction of sp³-hybridized carbons (Fsp3) is 1.00. The van der Waals surface area contributed by atoms with Crippen molar-refractivity contribution < 1.29 is 19.1 Å². The number of aliphatic hydroxyl groups is 2. The van der Waals surface area contributed by atoms with Crippen molar-refractivity contribution >= 4 is 16.6 Å². The maximum atomic E-state index is 10.0. The van der Waals surface area contributed by atoms with Gasteiger partial charge < -0.3 is 19.1 Å². The van der Waals surface area contributed by atoms with Gasteiger partial charge in [-0.1, -0.05) is 48.5 Å². The minimum Gasteiger partial charge on any atom is -0.411 e. The molecule has 0 aromatic heterocycles. The first-order chi connectivity index (χ1) is 12.9. The van der Waals surface area contributed by atoms with Crippen molar-refractivity contribution in [2.45, 2.75) is 129 Å². The van der Waals surface area contributed by atoms with E-state index >= 15 is 0 Å². The first-order valence-electron chi connectivity index (χ1n) is 11.6. The molecule has 174 valence electrons. The molecule has 5 atom stereocenters. The lowest BCUT2D eigenvalue weighted by Crippen LogP contribution is -2.53. The Morgan fingerprint density at radius 3 is 1.72 bits per heavy atom. The Morgan fingerprint density at radius 1 is 0.862 bits per heavy atom. The zero-order valence-electron chi connectivity index (χ0n) is 21.1. The molecule has 0 aliphatic heterocycles. The van der Waals surface area contributed by atoms with Crippen LogP contribution in [0.25, 0.3) is 0 Å². The van der Waals surface area contributed by atoms with Crippen LogP contribution in [0.1, 0.15) is 74.1 Å². The van der Waals surface area contributed by atoms with Gasteiger partial charge in [-0.05, 0) is 73.8 Å². The lowest BCUT2D eigenvalue weighted by Gasteiger charge is -2.48. The highest BCUT2D eigenvalue weighted by Crippen LogP contribution is 2.44. The highest BCUT2D eigenvalue weighted by molar-refractivity contribution is 6.74. The average molecular weight is 447 g/mol.